The molecule has 0 radical (unpaired) electrons. The molecule has 1 atom stereocenters. The van der Waals surface area contributed by atoms with Gasteiger partial charge in [-0.3, -0.25) is 9.89 Å². The molecule has 0 aliphatic rings. The van der Waals surface area contributed by atoms with E-state index in [1.807, 2.05) is 44.2 Å². The Labute approximate surface area is 220 Å². The highest BCUT2D eigenvalue weighted by Gasteiger charge is 2.17. The lowest BCUT2D eigenvalue weighted by atomic mass is 10.0. The molecule has 5 aromatic rings. The third-order valence-electron chi connectivity index (χ3n) is 5.99. The van der Waals surface area contributed by atoms with Gasteiger partial charge in [0, 0.05) is 39.9 Å². The quantitative estimate of drug-likeness (QED) is 0.264. The molecule has 0 saturated heterocycles. The monoisotopic (exact) mass is 562 g/mol. The predicted molar refractivity (Wildman–Crippen MR) is 144 cm³/mol. The molecule has 0 bridgehead atoms. The van der Waals surface area contributed by atoms with Crippen molar-refractivity contribution in [1.82, 2.24) is 19.7 Å². The molecule has 2 aromatic carbocycles. The molecule has 0 aliphatic carbocycles. The highest BCUT2D eigenvalue weighted by atomic mass is 79.9. The minimum atomic E-state index is -0.716. The number of aliphatic hydroxyl groups excluding tert-OH is 1. The Hall–Kier alpha value is -3.82. The Kier molecular flexibility index (Phi) is 6.90. The molecule has 5 rings (SSSR count). The second kappa shape index (κ2) is 10.3. The number of benzene rings is 2. The fourth-order valence-electron chi connectivity index (χ4n) is 4.29. The number of nitrogens with zero attached hydrogens (tertiary/aromatic N) is 3. The van der Waals surface area contributed by atoms with Crippen LogP contribution in [0.1, 0.15) is 25.5 Å². The van der Waals surface area contributed by atoms with Crippen molar-refractivity contribution >= 4 is 26.8 Å². The van der Waals surface area contributed by atoms with E-state index in [2.05, 4.69) is 31.1 Å². The number of ether oxygens (including phenoxy) is 1. The molecule has 3 aromatic heterocycles. The van der Waals surface area contributed by atoms with Gasteiger partial charge in [-0.1, -0.05) is 22.0 Å². The number of nitrogens with one attached hydrogen (secondary N) is 1. The van der Waals surface area contributed by atoms with Crippen LogP contribution in [0, 0.1) is 5.82 Å². The number of hydrogen-bond donors (Lipinski definition) is 2. The second-order valence-electron chi connectivity index (χ2n) is 8.95. The molecular formula is C28H24BrFN4O3. The summed E-state index contributed by atoms with van der Waals surface area (Å²) >= 11 is 3.27. The minimum Gasteiger partial charge on any atom is -0.475 e. The van der Waals surface area contributed by atoms with E-state index in [0.717, 1.165) is 27.7 Å². The lowest BCUT2D eigenvalue weighted by Gasteiger charge is -2.19. The van der Waals surface area contributed by atoms with Crippen LogP contribution in [-0.2, 0) is 0 Å². The van der Waals surface area contributed by atoms with Crippen LogP contribution in [0.4, 0.5) is 4.39 Å². The van der Waals surface area contributed by atoms with E-state index in [-0.39, 0.29) is 18.3 Å². The van der Waals surface area contributed by atoms with E-state index in [1.165, 1.54) is 22.8 Å². The number of halogens is 2. The molecule has 0 spiro atoms. The van der Waals surface area contributed by atoms with Crippen LogP contribution in [0.25, 0.3) is 33.3 Å². The van der Waals surface area contributed by atoms with Gasteiger partial charge in [-0.25, -0.2) is 9.37 Å². The number of rotatable bonds is 7. The van der Waals surface area contributed by atoms with E-state index < -0.39 is 11.9 Å². The van der Waals surface area contributed by atoms with Gasteiger partial charge in [0.25, 0.3) is 5.56 Å². The number of pyridine rings is 2. The van der Waals surface area contributed by atoms with Crippen LogP contribution in [0.5, 0.6) is 5.88 Å². The molecule has 0 amide bonds. The highest BCUT2D eigenvalue weighted by molar-refractivity contribution is 9.10. The van der Waals surface area contributed by atoms with E-state index in [9.17, 15) is 14.3 Å². The van der Waals surface area contributed by atoms with Crippen LogP contribution in [-0.4, -0.2) is 37.6 Å². The minimum absolute atomic E-state index is 0.0333. The maximum Gasteiger partial charge on any atom is 0.251 e. The van der Waals surface area contributed by atoms with Crippen LogP contribution in [0.3, 0.4) is 0 Å². The number of fused-ring (bicyclic) bond motifs is 1. The Morgan fingerprint density at radius 3 is 2.51 bits per heavy atom. The van der Waals surface area contributed by atoms with Crippen LogP contribution < -0.4 is 10.3 Å². The summed E-state index contributed by atoms with van der Waals surface area (Å²) in [7, 11) is 0. The van der Waals surface area contributed by atoms with Gasteiger partial charge in [-0.2, -0.15) is 5.10 Å². The van der Waals surface area contributed by atoms with Gasteiger partial charge in [0.05, 0.1) is 24.3 Å². The van der Waals surface area contributed by atoms with Crippen LogP contribution in [0.15, 0.2) is 82.3 Å². The first kappa shape index (κ1) is 24.9. The van der Waals surface area contributed by atoms with Gasteiger partial charge in [-0.05, 0) is 73.0 Å². The first-order valence-corrected chi connectivity index (χ1v) is 12.5. The largest absolute Gasteiger partial charge is 0.475 e. The van der Waals surface area contributed by atoms with Gasteiger partial charge >= 0.3 is 0 Å². The average Bonchev–Trinajstić information content (AvgIpc) is 3.28. The lowest BCUT2D eigenvalue weighted by molar-refractivity contribution is 0.232. The van der Waals surface area contributed by atoms with Gasteiger partial charge in [-0.15, -0.1) is 0 Å². The highest BCUT2D eigenvalue weighted by Crippen LogP contribution is 2.31. The average molecular weight is 563 g/mol. The summed E-state index contributed by atoms with van der Waals surface area (Å²) in [5, 5.41) is 18.4. The SMILES string of the molecule is CC(C)Oc1ccc(-c2n[nH]c3ccc(-c4ccn(C(CO)c5cc(F)cc(Br)c5)c(=O)c4)cc23)cn1. The van der Waals surface area contributed by atoms with Crippen molar-refractivity contribution in [3.8, 4) is 28.3 Å². The Balaban J connectivity index is 1.49. The number of hydrogen-bond acceptors (Lipinski definition) is 5. The van der Waals surface area contributed by atoms with Crippen molar-refractivity contribution < 1.29 is 14.2 Å². The molecule has 3 heterocycles. The first-order chi connectivity index (χ1) is 17.8. The molecule has 37 heavy (non-hydrogen) atoms. The second-order valence-corrected chi connectivity index (χ2v) is 9.86. The Bertz CT molecular complexity index is 1610. The predicted octanol–water partition coefficient (Wildman–Crippen LogP) is 5.72. The molecule has 7 nitrogen and oxygen atoms in total. The van der Waals surface area contributed by atoms with Crippen molar-refractivity contribution in [2.24, 2.45) is 0 Å². The molecule has 0 fully saturated rings. The van der Waals surface area contributed by atoms with Gasteiger partial charge in [0.15, 0.2) is 0 Å². The maximum atomic E-state index is 13.9. The topological polar surface area (TPSA) is 93.0 Å². The van der Waals surface area contributed by atoms with Crippen molar-refractivity contribution in [3.63, 3.8) is 0 Å². The van der Waals surface area contributed by atoms with Gasteiger partial charge < -0.3 is 14.4 Å². The number of aromatic amines is 1. The zero-order valence-electron chi connectivity index (χ0n) is 20.2. The Morgan fingerprint density at radius 2 is 1.84 bits per heavy atom. The summed E-state index contributed by atoms with van der Waals surface area (Å²) < 4.78 is 21.5. The van der Waals surface area contributed by atoms with E-state index in [0.29, 0.717) is 21.5 Å². The summed E-state index contributed by atoms with van der Waals surface area (Å²) in [5.41, 5.74) is 4.16. The smallest absolute Gasteiger partial charge is 0.251 e. The molecule has 0 aliphatic heterocycles. The summed E-state index contributed by atoms with van der Waals surface area (Å²) in [6, 6.07) is 16.5. The zero-order valence-corrected chi connectivity index (χ0v) is 21.7. The van der Waals surface area contributed by atoms with E-state index >= 15 is 0 Å². The molecule has 188 valence electrons. The lowest BCUT2D eigenvalue weighted by Crippen LogP contribution is -2.27. The van der Waals surface area contributed by atoms with Crippen LogP contribution >= 0.6 is 15.9 Å². The fourth-order valence-corrected chi connectivity index (χ4v) is 4.78. The van der Waals surface area contributed by atoms with Crippen molar-refractivity contribution in [2.75, 3.05) is 6.61 Å². The zero-order chi connectivity index (χ0) is 26.1. The molecule has 0 saturated carbocycles. The summed E-state index contributed by atoms with van der Waals surface area (Å²) in [5.74, 6) is 0.0978. The van der Waals surface area contributed by atoms with E-state index in [4.69, 9.17) is 4.74 Å². The fraction of sp³-hybridized carbons (Fsp3) is 0.179. The van der Waals surface area contributed by atoms with Gasteiger partial charge in [0.1, 0.15) is 11.5 Å². The number of aromatic nitrogens is 4. The molecule has 9 heteroatoms. The maximum absolute atomic E-state index is 13.9. The number of aliphatic hydroxyl groups is 1. The van der Waals surface area contributed by atoms with Crippen molar-refractivity contribution in [3.05, 3.63) is 99.3 Å². The molecule has 2 N–H and O–H groups in total. The normalized spacial score (nSPS) is 12.3. The summed E-state index contributed by atoms with van der Waals surface area (Å²) in [4.78, 5) is 17.5. The standard InChI is InChI=1S/C28H24BrFN4O3/c1-16(2)37-26-6-4-19(14-31-26)28-23-11-17(3-5-24(23)32-33-28)18-7-8-34(27(36)12-18)25(15-35)20-9-21(29)13-22(30)10-20/h3-14,16,25,35H,15H2,1-2H3,(H,32,33). The van der Waals surface area contributed by atoms with Crippen LogP contribution in [0.2, 0.25) is 0 Å². The third kappa shape index (κ3) is 5.19. The van der Waals surface area contributed by atoms with E-state index in [1.54, 1.807) is 24.5 Å². The van der Waals surface area contributed by atoms with Gasteiger partial charge in [0.2, 0.25) is 5.88 Å². The first-order valence-electron chi connectivity index (χ1n) is 11.7. The number of H-pyrrole nitrogens is 1. The third-order valence-corrected chi connectivity index (χ3v) is 6.45. The van der Waals surface area contributed by atoms with Crippen molar-refractivity contribution in [2.45, 2.75) is 26.0 Å². The van der Waals surface area contributed by atoms with Crippen molar-refractivity contribution in [1.29, 1.82) is 0 Å². The summed E-state index contributed by atoms with van der Waals surface area (Å²) in [6.07, 6.45) is 3.38. The molecular weight excluding hydrogens is 539 g/mol. The Morgan fingerprint density at radius 1 is 1.05 bits per heavy atom. The molecule has 1 unspecified atom stereocenters. The summed E-state index contributed by atoms with van der Waals surface area (Å²) in [6.45, 7) is 3.54.